The largest absolute Gasteiger partial charge is 0.493 e. The highest BCUT2D eigenvalue weighted by molar-refractivity contribution is 5.91. The molecule has 9 heteroatoms. The first-order valence-corrected chi connectivity index (χ1v) is 11.7. The number of nitrogens with one attached hydrogen (secondary N) is 1. The van der Waals surface area contributed by atoms with E-state index in [-0.39, 0.29) is 5.41 Å². The number of nitrogens with two attached hydrogens (primary N) is 1. The number of rotatable bonds is 8. The van der Waals surface area contributed by atoms with Crippen molar-refractivity contribution in [2.75, 3.05) is 58.1 Å². The van der Waals surface area contributed by atoms with Crippen molar-refractivity contribution in [1.29, 1.82) is 0 Å². The Labute approximate surface area is 206 Å². The number of hydrogen-bond donors (Lipinski definition) is 2. The molecule has 0 amide bonds. The Morgan fingerprint density at radius 1 is 1.09 bits per heavy atom. The minimum Gasteiger partial charge on any atom is -0.493 e. The number of benzene rings is 2. The van der Waals surface area contributed by atoms with Gasteiger partial charge in [0.1, 0.15) is 5.82 Å². The molecule has 1 aliphatic rings. The number of carbonyl (C=O) groups excluding carboxylic acids is 1. The van der Waals surface area contributed by atoms with Crippen LogP contribution < -0.4 is 25.4 Å². The lowest BCUT2D eigenvalue weighted by molar-refractivity contribution is -0.128. The molecule has 1 saturated heterocycles. The van der Waals surface area contributed by atoms with Crippen molar-refractivity contribution in [3.8, 4) is 11.5 Å². The Morgan fingerprint density at radius 2 is 1.74 bits per heavy atom. The maximum atomic E-state index is 9.18. The van der Waals surface area contributed by atoms with Crippen LogP contribution in [-0.2, 0) is 14.9 Å². The van der Waals surface area contributed by atoms with E-state index >= 15 is 0 Å². The Bertz CT molecular complexity index is 1100. The Kier molecular flexibility index (Phi) is 9.08. The number of ether oxygens (including phenoxy) is 3. The highest BCUT2D eigenvalue weighted by atomic mass is 16.5. The van der Waals surface area contributed by atoms with Gasteiger partial charge in [0, 0.05) is 30.5 Å². The van der Waals surface area contributed by atoms with Crippen molar-refractivity contribution in [1.82, 2.24) is 15.3 Å². The fourth-order valence-electron chi connectivity index (χ4n) is 4.47. The molecule has 188 valence electrons. The van der Waals surface area contributed by atoms with E-state index in [1.807, 2.05) is 19.2 Å². The summed E-state index contributed by atoms with van der Waals surface area (Å²) < 4.78 is 15.0. The molecule has 0 unspecified atom stereocenters. The van der Waals surface area contributed by atoms with Gasteiger partial charge in [-0.05, 0) is 44.5 Å². The van der Waals surface area contributed by atoms with Crippen molar-refractivity contribution >= 4 is 29.1 Å². The molecular formula is C26H35N5O4. The van der Waals surface area contributed by atoms with Crippen molar-refractivity contribution in [3.05, 3.63) is 48.0 Å². The van der Waals surface area contributed by atoms with Gasteiger partial charge < -0.3 is 30.2 Å². The summed E-state index contributed by atoms with van der Waals surface area (Å²) in [4.78, 5) is 20.7. The minimum atomic E-state index is 0.0476. The van der Waals surface area contributed by atoms with E-state index in [0.29, 0.717) is 36.3 Å². The van der Waals surface area contributed by atoms with Gasteiger partial charge >= 0.3 is 0 Å². The summed E-state index contributed by atoms with van der Waals surface area (Å²) in [5.41, 5.74) is 8.45. The number of anilines is 2. The molecule has 0 atom stereocenters. The molecule has 0 aliphatic carbocycles. The Hall–Kier alpha value is -3.59. The molecule has 2 heterocycles. The molecule has 0 saturated carbocycles. The average Bonchev–Trinajstić information content (AvgIpc) is 2.89. The zero-order valence-corrected chi connectivity index (χ0v) is 20.9. The third-order valence-corrected chi connectivity index (χ3v) is 6.28. The minimum absolute atomic E-state index is 0.0476. The van der Waals surface area contributed by atoms with Crippen LogP contribution in [0.3, 0.4) is 0 Å². The molecule has 3 N–H and O–H groups in total. The fourth-order valence-corrected chi connectivity index (χ4v) is 4.47. The predicted molar refractivity (Wildman–Crippen MR) is 138 cm³/mol. The zero-order chi connectivity index (χ0) is 25.3. The normalized spacial score (nSPS) is 14.4. The molecule has 0 bridgehead atoms. The second-order valence-electron chi connectivity index (χ2n) is 8.44. The molecule has 4 rings (SSSR count). The Balaban J connectivity index is 0.000000623. The standard InChI is InChI=1S/C23H29N5O2.C3H6O2/c1-28(15-23(9-11-25-12-10-23)16-7-5-4-6-8-16)22-26-18-14-20(30-3)19(29-2)13-17(18)21(24)27-22;1-2-5-3-4/h4-8,13-14,25H,9-12,15H2,1-3H3,(H2,24,26,27);3H,2H2,1H3. The smallest absolute Gasteiger partial charge is 0.293 e. The number of hydrogen-bond acceptors (Lipinski definition) is 9. The predicted octanol–water partition coefficient (Wildman–Crippen LogP) is 3.17. The summed E-state index contributed by atoms with van der Waals surface area (Å²) in [7, 11) is 5.25. The first kappa shape index (κ1) is 26.0. The monoisotopic (exact) mass is 481 g/mol. The van der Waals surface area contributed by atoms with Crippen LogP contribution in [-0.4, -0.2) is 63.9 Å². The summed E-state index contributed by atoms with van der Waals surface area (Å²) in [6.07, 6.45) is 2.13. The SMILES string of the molecule is CCOC=O.COc1cc2nc(N(C)CC3(c4ccccc4)CCNCC3)nc(N)c2cc1OC. The van der Waals surface area contributed by atoms with E-state index in [9.17, 15) is 4.79 Å². The van der Waals surface area contributed by atoms with E-state index in [4.69, 9.17) is 20.2 Å². The first-order chi connectivity index (χ1) is 17.0. The summed E-state index contributed by atoms with van der Waals surface area (Å²) in [6.45, 7) is 5.48. The number of likely N-dealkylation sites (N-methyl/N-ethyl adjacent to an activating group) is 1. The highest BCUT2D eigenvalue weighted by Gasteiger charge is 2.35. The van der Waals surface area contributed by atoms with Gasteiger partial charge in [0.05, 0.1) is 26.3 Å². The van der Waals surface area contributed by atoms with Crippen LogP contribution >= 0.6 is 0 Å². The number of fused-ring (bicyclic) bond motifs is 1. The number of nitrogens with zero attached hydrogens (tertiary/aromatic N) is 3. The summed E-state index contributed by atoms with van der Waals surface area (Å²) in [5.74, 6) is 2.28. The average molecular weight is 482 g/mol. The number of aromatic nitrogens is 2. The molecule has 9 nitrogen and oxygen atoms in total. The summed E-state index contributed by atoms with van der Waals surface area (Å²) in [5, 5.41) is 4.24. The molecule has 0 spiro atoms. The third-order valence-electron chi connectivity index (χ3n) is 6.28. The second kappa shape index (κ2) is 12.2. The van der Waals surface area contributed by atoms with Gasteiger partial charge in [-0.15, -0.1) is 0 Å². The van der Waals surface area contributed by atoms with Crippen LogP contribution in [0.4, 0.5) is 11.8 Å². The van der Waals surface area contributed by atoms with Crippen molar-refractivity contribution in [3.63, 3.8) is 0 Å². The molecule has 35 heavy (non-hydrogen) atoms. The first-order valence-electron chi connectivity index (χ1n) is 11.7. The molecule has 3 aromatic rings. The van der Waals surface area contributed by atoms with Gasteiger partial charge in [-0.25, -0.2) is 4.98 Å². The number of nitrogen functional groups attached to an aromatic ring is 1. The van der Waals surface area contributed by atoms with Gasteiger partial charge in [0.2, 0.25) is 5.95 Å². The topological polar surface area (TPSA) is 112 Å². The maximum absolute atomic E-state index is 9.18. The third kappa shape index (κ3) is 6.10. The number of methoxy groups -OCH3 is 2. The molecule has 0 radical (unpaired) electrons. The maximum Gasteiger partial charge on any atom is 0.293 e. The van der Waals surface area contributed by atoms with Crippen molar-refractivity contribution in [2.45, 2.75) is 25.2 Å². The fraction of sp³-hybridized carbons (Fsp3) is 0.423. The second-order valence-corrected chi connectivity index (χ2v) is 8.44. The van der Waals surface area contributed by atoms with Crippen LogP contribution in [0.2, 0.25) is 0 Å². The summed E-state index contributed by atoms with van der Waals surface area (Å²) >= 11 is 0. The van der Waals surface area contributed by atoms with E-state index in [1.54, 1.807) is 21.1 Å². The van der Waals surface area contributed by atoms with Gasteiger partial charge in [-0.3, -0.25) is 4.79 Å². The van der Waals surface area contributed by atoms with Crippen LogP contribution in [0.1, 0.15) is 25.3 Å². The van der Waals surface area contributed by atoms with Crippen LogP contribution in [0.15, 0.2) is 42.5 Å². The van der Waals surface area contributed by atoms with Gasteiger partial charge in [-0.1, -0.05) is 30.3 Å². The number of carbonyl (C=O) groups is 1. The highest BCUT2D eigenvalue weighted by Crippen LogP contribution is 2.37. The van der Waals surface area contributed by atoms with Crippen LogP contribution in [0.25, 0.3) is 10.9 Å². The van der Waals surface area contributed by atoms with Crippen LogP contribution in [0, 0.1) is 0 Å². The van der Waals surface area contributed by atoms with Gasteiger partial charge in [0.25, 0.3) is 6.47 Å². The zero-order valence-electron chi connectivity index (χ0n) is 20.9. The van der Waals surface area contributed by atoms with Crippen LogP contribution in [0.5, 0.6) is 11.5 Å². The van der Waals surface area contributed by atoms with Crippen molar-refractivity contribution in [2.24, 2.45) is 0 Å². The summed E-state index contributed by atoms with van der Waals surface area (Å²) in [6, 6.07) is 14.4. The Morgan fingerprint density at radius 3 is 2.31 bits per heavy atom. The van der Waals surface area contributed by atoms with Gasteiger partial charge in [0.15, 0.2) is 11.5 Å². The quantitative estimate of drug-likeness (QED) is 0.469. The lowest BCUT2D eigenvalue weighted by Crippen LogP contribution is -2.47. The van der Waals surface area contributed by atoms with E-state index < -0.39 is 0 Å². The molecule has 2 aromatic carbocycles. The molecule has 1 fully saturated rings. The molecular weight excluding hydrogens is 446 g/mol. The molecule has 1 aromatic heterocycles. The lowest BCUT2D eigenvalue weighted by atomic mass is 9.73. The van der Waals surface area contributed by atoms with E-state index in [0.717, 1.165) is 43.4 Å². The van der Waals surface area contributed by atoms with Crippen molar-refractivity contribution < 1.29 is 19.0 Å². The van der Waals surface area contributed by atoms with Gasteiger partial charge in [-0.2, -0.15) is 4.98 Å². The van der Waals surface area contributed by atoms with E-state index in [2.05, 4.69) is 50.3 Å². The van der Waals surface area contributed by atoms with E-state index in [1.165, 1.54) is 5.56 Å². The lowest BCUT2D eigenvalue weighted by Gasteiger charge is -2.41. The number of piperidine rings is 1. The molecule has 1 aliphatic heterocycles.